The van der Waals surface area contributed by atoms with E-state index in [-0.39, 0.29) is 11.5 Å². The number of hydrogen-bond donors (Lipinski definition) is 0. The Morgan fingerprint density at radius 3 is 2.83 bits per heavy atom. The lowest BCUT2D eigenvalue weighted by molar-refractivity contribution is -0.147. The first-order chi connectivity index (χ1) is 14.7. The quantitative estimate of drug-likeness (QED) is 0.694. The van der Waals surface area contributed by atoms with E-state index >= 15 is 0 Å². The van der Waals surface area contributed by atoms with E-state index in [0.29, 0.717) is 24.8 Å². The lowest BCUT2D eigenvalue weighted by Gasteiger charge is -2.46. The zero-order valence-electron chi connectivity index (χ0n) is 17.7. The first kappa shape index (κ1) is 21.0. The molecule has 2 saturated heterocycles. The van der Waals surface area contributed by atoms with Crippen molar-refractivity contribution in [2.45, 2.75) is 57.2 Å². The van der Waals surface area contributed by atoms with Crippen LogP contribution in [0.4, 0.5) is 0 Å². The first-order valence-corrected chi connectivity index (χ1v) is 10.9. The summed E-state index contributed by atoms with van der Waals surface area (Å²) >= 11 is 0. The Morgan fingerprint density at radius 1 is 1.27 bits per heavy atom. The lowest BCUT2D eigenvalue weighted by atomic mass is 9.78. The Kier molecular flexibility index (Phi) is 6.79. The van der Waals surface area contributed by atoms with E-state index in [0.717, 1.165) is 64.0 Å². The molecule has 3 heterocycles. The Hall–Kier alpha value is -2.25. The van der Waals surface area contributed by atoms with E-state index in [2.05, 4.69) is 22.3 Å². The molecular weight excluding hydrogens is 382 g/mol. The van der Waals surface area contributed by atoms with E-state index in [9.17, 15) is 4.79 Å². The largest absolute Gasteiger partial charge is 0.375 e. The number of likely N-dealkylation sites (tertiary alicyclic amines) is 1. The number of aryl methyl sites for hydroxylation is 1. The van der Waals surface area contributed by atoms with Gasteiger partial charge in [0, 0.05) is 39.6 Å². The molecule has 1 atom stereocenters. The standard InChI is InChI=1S/C23H31N3O4/c1-28-17-21-24-20(25-30-21)15-19-9-14-29-23(16-19)10-12-26(13-11-23)22(27)8-7-18-5-3-2-4-6-18/h2-6,19H,7-17H2,1H3. The van der Waals surface area contributed by atoms with Crippen molar-refractivity contribution in [3.05, 3.63) is 47.6 Å². The van der Waals surface area contributed by atoms with Crippen molar-refractivity contribution < 1.29 is 18.8 Å². The number of piperidine rings is 1. The Labute approximate surface area is 177 Å². The minimum atomic E-state index is -0.113. The molecule has 4 rings (SSSR count). The Balaban J connectivity index is 1.26. The predicted octanol–water partition coefficient (Wildman–Crippen LogP) is 3.18. The van der Waals surface area contributed by atoms with Crippen LogP contribution in [0.1, 0.15) is 49.4 Å². The summed E-state index contributed by atoms with van der Waals surface area (Å²) in [5.74, 6) is 2.00. The first-order valence-electron chi connectivity index (χ1n) is 10.9. The molecule has 7 heteroatoms. The number of rotatable bonds is 7. The van der Waals surface area contributed by atoms with E-state index in [1.54, 1.807) is 7.11 Å². The molecular formula is C23H31N3O4. The molecule has 2 aliphatic rings. The molecule has 0 N–H and O–H groups in total. The molecule has 2 fully saturated rings. The van der Waals surface area contributed by atoms with Crippen LogP contribution in [0.15, 0.2) is 34.9 Å². The third-order valence-electron chi connectivity index (χ3n) is 6.34. The smallest absolute Gasteiger partial charge is 0.252 e. The van der Waals surface area contributed by atoms with Gasteiger partial charge in [0.25, 0.3) is 5.89 Å². The van der Waals surface area contributed by atoms with Gasteiger partial charge >= 0.3 is 0 Å². The summed E-state index contributed by atoms with van der Waals surface area (Å²) in [5, 5.41) is 4.08. The summed E-state index contributed by atoms with van der Waals surface area (Å²) in [7, 11) is 1.62. The normalized spacial score (nSPS) is 21.1. The highest BCUT2D eigenvalue weighted by molar-refractivity contribution is 5.76. The number of carbonyl (C=O) groups is 1. The van der Waals surface area contributed by atoms with Gasteiger partial charge in [-0.2, -0.15) is 4.98 Å². The van der Waals surface area contributed by atoms with Gasteiger partial charge in [0.2, 0.25) is 5.91 Å². The number of nitrogens with zero attached hydrogens (tertiary/aromatic N) is 3. The van der Waals surface area contributed by atoms with Gasteiger partial charge in [-0.05, 0) is 43.6 Å². The van der Waals surface area contributed by atoms with Crippen molar-refractivity contribution in [2.24, 2.45) is 5.92 Å². The van der Waals surface area contributed by atoms with E-state index in [1.807, 2.05) is 23.1 Å². The van der Waals surface area contributed by atoms with Crippen LogP contribution in [0.25, 0.3) is 0 Å². The molecule has 1 aromatic carbocycles. The second kappa shape index (κ2) is 9.71. The van der Waals surface area contributed by atoms with E-state index in [1.165, 1.54) is 5.56 Å². The average molecular weight is 414 g/mol. The third-order valence-corrected chi connectivity index (χ3v) is 6.34. The maximum atomic E-state index is 12.7. The van der Waals surface area contributed by atoms with Gasteiger partial charge in [-0.3, -0.25) is 4.79 Å². The number of methoxy groups -OCH3 is 1. The van der Waals surface area contributed by atoms with Gasteiger partial charge in [-0.25, -0.2) is 0 Å². The van der Waals surface area contributed by atoms with Crippen molar-refractivity contribution in [3.63, 3.8) is 0 Å². The molecule has 0 bridgehead atoms. The summed E-state index contributed by atoms with van der Waals surface area (Å²) in [6.07, 6.45) is 5.99. The molecule has 1 spiro atoms. The van der Waals surface area contributed by atoms with Crippen LogP contribution in [0.3, 0.4) is 0 Å². The SMILES string of the molecule is COCc1nc(CC2CCOC3(CCN(C(=O)CCc4ccccc4)CC3)C2)no1. The summed E-state index contributed by atoms with van der Waals surface area (Å²) in [6.45, 7) is 2.66. The van der Waals surface area contributed by atoms with Crippen molar-refractivity contribution in [1.29, 1.82) is 0 Å². The summed E-state index contributed by atoms with van der Waals surface area (Å²) in [4.78, 5) is 19.1. The predicted molar refractivity (Wildman–Crippen MR) is 111 cm³/mol. The molecule has 1 aromatic heterocycles. The molecule has 2 aromatic rings. The number of aromatic nitrogens is 2. The van der Waals surface area contributed by atoms with Gasteiger partial charge in [0.15, 0.2) is 5.82 Å². The van der Waals surface area contributed by atoms with E-state index < -0.39 is 0 Å². The van der Waals surface area contributed by atoms with Gasteiger partial charge < -0.3 is 18.9 Å². The van der Waals surface area contributed by atoms with E-state index in [4.69, 9.17) is 14.0 Å². The topological polar surface area (TPSA) is 77.7 Å². The Bertz CT molecular complexity index is 815. The second-order valence-electron chi connectivity index (χ2n) is 8.50. The van der Waals surface area contributed by atoms with Gasteiger partial charge in [-0.1, -0.05) is 35.5 Å². The highest BCUT2D eigenvalue weighted by atomic mass is 16.5. The monoisotopic (exact) mass is 413 g/mol. The second-order valence-corrected chi connectivity index (χ2v) is 8.50. The minimum absolute atomic E-state index is 0.113. The van der Waals surface area contributed by atoms with Gasteiger partial charge in [-0.15, -0.1) is 0 Å². The summed E-state index contributed by atoms with van der Waals surface area (Å²) in [6, 6.07) is 10.2. The van der Waals surface area contributed by atoms with Crippen molar-refractivity contribution in [2.75, 3.05) is 26.8 Å². The number of benzene rings is 1. The Morgan fingerprint density at radius 2 is 2.07 bits per heavy atom. The van der Waals surface area contributed by atoms with Crippen LogP contribution in [0.2, 0.25) is 0 Å². The summed E-state index contributed by atoms with van der Waals surface area (Å²) < 4.78 is 16.5. The molecule has 0 aliphatic carbocycles. The van der Waals surface area contributed by atoms with Crippen LogP contribution in [0, 0.1) is 5.92 Å². The van der Waals surface area contributed by atoms with Crippen molar-refractivity contribution in [1.82, 2.24) is 15.0 Å². The number of ether oxygens (including phenoxy) is 2. The van der Waals surface area contributed by atoms with Crippen LogP contribution in [-0.2, 0) is 33.7 Å². The number of carbonyl (C=O) groups excluding carboxylic acids is 1. The molecule has 2 aliphatic heterocycles. The fourth-order valence-corrected chi connectivity index (χ4v) is 4.68. The van der Waals surface area contributed by atoms with Crippen LogP contribution >= 0.6 is 0 Å². The molecule has 7 nitrogen and oxygen atoms in total. The summed E-state index contributed by atoms with van der Waals surface area (Å²) in [5.41, 5.74) is 1.10. The van der Waals surface area contributed by atoms with Gasteiger partial charge in [0.1, 0.15) is 6.61 Å². The van der Waals surface area contributed by atoms with Crippen molar-refractivity contribution in [3.8, 4) is 0 Å². The molecule has 0 radical (unpaired) electrons. The fraction of sp³-hybridized carbons (Fsp3) is 0.609. The number of amides is 1. The third kappa shape index (κ3) is 5.26. The van der Waals surface area contributed by atoms with Crippen LogP contribution in [0.5, 0.6) is 0 Å². The highest BCUT2D eigenvalue weighted by Gasteiger charge is 2.41. The van der Waals surface area contributed by atoms with Crippen LogP contribution < -0.4 is 0 Å². The number of hydrogen-bond acceptors (Lipinski definition) is 6. The fourth-order valence-electron chi connectivity index (χ4n) is 4.68. The van der Waals surface area contributed by atoms with Gasteiger partial charge in [0.05, 0.1) is 5.60 Å². The molecule has 1 unspecified atom stereocenters. The molecule has 0 saturated carbocycles. The van der Waals surface area contributed by atoms with Crippen molar-refractivity contribution >= 4 is 5.91 Å². The average Bonchev–Trinajstić information content (AvgIpc) is 3.20. The maximum absolute atomic E-state index is 12.7. The highest BCUT2D eigenvalue weighted by Crippen LogP contribution is 2.38. The zero-order chi connectivity index (χ0) is 20.8. The lowest BCUT2D eigenvalue weighted by Crippen LogP contribution is -2.51. The molecule has 30 heavy (non-hydrogen) atoms. The molecule has 1 amide bonds. The minimum Gasteiger partial charge on any atom is -0.375 e. The zero-order valence-corrected chi connectivity index (χ0v) is 17.7. The maximum Gasteiger partial charge on any atom is 0.252 e. The molecule has 162 valence electrons. The van der Waals surface area contributed by atoms with Crippen LogP contribution in [-0.4, -0.2) is 53.4 Å².